The molecule has 0 fully saturated rings. The Morgan fingerprint density at radius 3 is 2.46 bits per heavy atom. The Labute approximate surface area is 139 Å². The van der Waals surface area contributed by atoms with E-state index >= 15 is 0 Å². The molecule has 1 heterocycles. The summed E-state index contributed by atoms with van der Waals surface area (Å²) in [5.74, 6) is 0.722. The predicted molar refractivity (Wildman–Crippen MR) is 92.4 cm³/mol. The summed E-state index contributed by atoms with van der Waals surface area (Å²) in [5.41, 5.74) is 1.30. The van der Waals surface area contributed by atoms with Crippen molar-refractivity contribution >= 4 is 16.6 Å². The van der Waals surface area contributed by atoms with Crippen molar-refractivity contribution in [1.82, 2.24) is 9.78 Å². The molecule has 24 heavy (non-hydrogen) atoms. The smallest absolute Gasteiger partial charge is 0.274 e. The zero-order valence-electron chi connectivity index (χ0n) is 13.7. The molecule has 0 unspecified atom stereocenters. The molecule has 1 aromatic heterocycles. The minimum absolute atomic E-state index is 0.0239. The van der Waals surface area contributed by atoms with E-state index in [4.69, 9.17) is 4.74 Å². The van der Waals surface area contributed by atoms with Crippen LogP contribution in [0.25, 0.3) is 10.8 Å². The van der Waals surface area contributed by atoms with Gasteiger partial charge in [0.2, 0.25) is 0 Å². The standard InChI is InChI=1S/C19H18N2O3/c1-21-19(23)16-9-5-4-8-15(16)17(20-21)12-14(22)11-13-7-3-6-10-18(13)24-2/h3-10H,11-12H2,1-2H3. The summed E-state index contributed by atoms with van der Waals surface area (Å²) in [4.78, 5) is 24.6. The molecule has 0 saturated heterocycles. The second kappa shape index (κ2) is 6.66. The number of benzene rings is 2. The molecule has 0 saturated carbocycles. The Bertz CT molecular complexity index is 960. The van der Waals surface area contributed by atoms with Crippen LogP contribution in [0.2, 0.25) is 0 Å². The van der Waals surface area contributed by atoms with Crippen molar-refractivity contribution in [2.24, 2.45) is 7.05 Å². The van der Waals surface area contributed by atoms with Gasteiger partial charge in [-0.05, 0) is 12.1 Å². The van der Waals surface area contributed by atoms with E-state index in [-0.39, 0.29) is 24.2 Å². The highest BCUT2D eigenvalue weighted by Crippen LogP contribution is 2.19. The molecule has 0 amide bonds. The Morgan fingerprint density at radius 2 is 1.71 bits per heavy atom. The summed E-state index contributed by atoms with van der Waals surface area (Å²) < 4.78 is 6.57. The number of nitrogens with zero attached hydrogens (tertiary/aromatic N) is 2. The molecule has 2 aromatic carbocycles. The number of aromatic nitrogens is 2. The van der Waals surface area contributed by atoms with Gasteiger partial charge in [-0.15, -0.1) is 0 Å². The van der Waals surface area contributed by atoms with Crippen molar-refractivity contribution in [1.29, 1.82) is 0 Å². The number of fused-ring (bicyclic) bond motifs is 1. The quantitative estimate of drug-likeness (QED) is 0.723. The lowest BCUT2D eigenvalue weighted by Crippen LogP contribution is -2.22. The fourth-order valence-corrected chi connectivity index (χ4v) is 2.82. The van der Waals surface area contributed by atoms with Gasteiger partial charge in [0.05, 0.1) is 24.6 Å². The molecule has 0 atom stereocenters. The van der Waals surface area contributed by atoms with Crippen molar-refractivity contribution in [3.8, 4) is 5.75 Å². The highest BCUT2D eigenvalue weighted by atomic mass is 16.5. The van der Waals surface area contributed by atoms with E-state index in [0.717, 1.165) is 10.9 Å². The minimum Gasteiger partial charge on any atom is -0.496 e. The van der Waals surface area contributed by atoms with Crippen LogP contribution in [-0.4, -0.2) is 22.7 Å². The number of para-hydroxylation sites is 1. The average Bonchev–Trinajstić information content (AvgIpc) is 2.60. The summed E-state index contributed by atoms with van der Waals surface area (Å²) in [6.45, 7) is 0. The molecule has 5 nitrogen and oxygen atoms in total. The van der Waals surface area contributed by atoms with Crippen molar-refractivity contribution < 1.29 is 9.53 Å². The lowest BCUT2D eigenvalue weighted by Gasteiger charge is -2.09. The highest BCUT2D eigenvalue weighted by Gasteiger charge is 2.14. The van der Waals surface area contributed by atoms with Gasteiger partial charge in [-0.1, -0.05) is 36.4 Å². The van der Waals surface area contributed by atoms with Gasteiger partial charge in [-0.2, -0.15) is 5.10 Å². The minimum atomic E-state index is -0.161. The molecule has 0 N–H and O–H groups in total. The van der Waals surface area contributed by atoms with Gasteiger partial charge in [0.1, 0.15) is 11.5 Å². The van der Waals surface area contributed by atoms with Gasteiger partial charge in [0, 0.05) is 24.4 Å². The number of Topliss-reactive ketones (excluding diaryl/α,β-unsaturated/α-hetero) is 1. The number of carbonyl (C=O) groups is 1. The summed E-state index contributed by atoms with van der Waals surface area (Å²) in [7, 11) is 3.19. The van der Waals surface area contributed by atoms with Crippen molar-refractivity contribution in [3.63, 3.8) is 0 Å². The predicted octanol–water partition coefficient (Wildman–Crippen LogP) is 2.30. The van der Waals surface area contributed by atoms with Crippen molar-refractivity contribution in [2.45, 2.75) is 12.8 Å². The van der Waals surface area contributed by atoms with E-state index in [9.17, 15) is 9.59 Å². The van der Waals surface area contributed by atoms with Gasteiger partial charge in [-0.25, -0.2) is 4.68 Å². The third-order valence-electron chi connectivity index (χ3n) is 3.98. The van der Waals surface area contributed by atoms with E-state index in [1.165, 1.54) is 4.68 Å². The molecule has 5 heteroatoms. The summed E-state index contributed by atoms with van der Waals surface area (Å²) in [6.07, 6.45) is 0.440. The number of carbonyl (C=O) groups excluding carboxylic acids is 1. The molecule has 0 bridgehead atoms. The molecule has 3 aromatic rings. The second-order valence-electron chi connectivity index (χ2n) is 5.63. The maximum absolute atomic E-state index is 12.5. The third-order valence-corrected chi connectivity index (χ3v) is 3.98. The Morgan fingerprint density at radius 1 is 1.04 bits per heavy atom. The van der Waals surface area contributed by atoms with E-state index in [1.807, 2.05) is 42.5 Å². The van der Waals surface area contributed by atoms with Crippen LogP contribution in [0.4, 0.5) is 0 Å². The van der Waals surface area contributed by atoms with E-state index in [1.54, 1.807) is 20.2 Å². The van der Waals surface area contributed by atoms with E-state index < -0.39 is 0 Å². The fourth-order valence-electron chi connectivity index (χ4n) is 2.82. The number of ketones is 1. The average molecular weight is 322 g/mol. The van der Waals surface area contributed by atoms with Crippen LogP contribution in [0.3, 0.4) is 0 Å². The van der Waals surface area contributed by atoms with Gasteiger partial charge >= 0.3 is 0 Å². The monoisotopic (exact) mass is 322 g/mol. The normalized spacial score (nSPS) is 10.8. The largest absolute Gasteiger partial charge is 0.496 e. The molecule has 122 valence electrons. The molecule has 0 spiro atoms. The van der Waals surface area contributed by atoms with Crippen LogP contribution < -0.4 is 10.3 Å². The topological polar surface area (TPSA) is 61.2 Å². The van der Waals surface area contributed by atoms with Gasteiger partial charge in [0.15, 0.2) is 0 Å². The second-order valence-corrected chi connectivity index (χ2v) is 5.63. The lowest BCUT2D eigenvalue weighted by atomic mass is 10.0. The lowest BCUT2D eigenvalue weighted by molar-refractivity contribution is -0.117. The molecule has 3 rings (SSSR count). The van der Waals surface area contributed by atoms with Crippen LogP contribution in [0.15, 0.2) is 53.3 Å². The van der Waals surface area contributed by atoms with Gasteiger partial charge in [-0.3, -0.25) is 9.59 Å². The summed E-state index contributed by atoms with van der Waals surface area (Å²) in [5, 5.41) is 5.59. The van der Waals surface area contributed by atoms with E-state index in [0.29, 0.717) is 16.8 Å². The Kier molecular flexibility index (Phi) is 4.42. The molecule has 0 aliphatic heterocycles. The number of ether oxygens (including phenoxy) is 1. The zero-order chi connectivity index (χ0) is 17.1. The maximum Gasteiger partial charge on any atom is 0.274 e. The fraction of sp³-hybridized carbons (Fsp3) is 0.211. The third kappa shape index (κ3) is 3.06. The van der Waals surface area contributed by atoms with Crippen LogP contribution in [0, 0.1) is 0 Å². The van der Waals surface area contributed by atoms with Crippen LogP contribution >= 0.6 is 0 Å². The first kappa shape index (κ1) is 15.9. The van der Waals surface area contributed by atoms with Gasteiger partial charge in [0.25, 0.3) is 5.56 Å². The van der Waals surface area contributed by atoms with E-state index in [2.05, 4.69) is 5.10 Å². The molecule has 0 aliphatic carbocycles. The van der Waals surface area contributed by atoms with Gasteiger partial charge < -0.3 is 4.74 Å². The first-order valence-electron chi connectivity index (χ1n) is 7.68. The first-order valence-corrected chi connectivity index (χ1v) is 7.68. The Balaban J connectivity index is 1.91. The van der Waals surface area contributed by atoms with Crippen LogP contribution in [-0.2, 0) is 24.7 Å². The first-order chi connectivity index (χ1) is 11.6. The zero-order valence-corrected chi connectivity index (χ0v) is 13.7. The van der Waals surface area contributed by atoms with Crippen LogP contribution in [0.5, 0.6) is 5.75 Å². The molecular weight excluding hydrogens is 304 g/mol. The number of aryl methyl sites for hydroxylation is 1. The SMILES string of the molecule is COc1ccccc1CC(=O)Cc1nn(C)c(=O)c2ccccc12. The number of methoxy groups -OCH3 is 1. The number of rotatable bonds is 5. The molecule has 0 radical (unpaired) electrons. The maximum atomic E-state index is 12.5. The van der Waals surface area contributed by atoms with Crippen LogP contribution in [0.1, 0.15) is 11.3 Å². The van der Waals surface area contributed by atoms with Crippen molar-refractivity contribution in [3.05, 3.63) is 70.1 Å². The summed E-state index contributed by atoms with van der Waals surface area (Å²) in [6, 6.07) is 14.7. The number of hydrogen-bond donors (Lipinski definition) is 0. The highest BCUT2D eigenvalue weighted by molar-refractivity contribution is 5.90. The molecular formula is C19H18N2O3. The molecule has 0 aliphatic rings. The Hall–Kier alpha value is -2.95. The summed E-state index contributed by atoms with van der Waals surface area (Å²) >= 11 is 0. The van der Waals surface area contributed by atoms with Crippen molar-refractivity contribution in [2.75, 3.05) is 7.11 Å². The number of hydrogen-bond acceptors (Lipinski definition) is 4.